The molecule has 1 fully saturated rings. The van der Waals surface area contributed by atoms with Crippen LogP contribution < -0.4 is 5.32 Å². The van der Waals surface area contributed by atoms with Crippen LogP contribution in [0, 0.1) is 0 Å². The highest BCUT2D eigenvalue weighted by Crippen LogP contribution is 2.40. The van der Waals surface area contributed by atoms with Crippen LogP contribution in [0.4, 0.5) is 0 Å². The van der Waals surface area contributed by atoms with Crippen LogP contribution in [0.2, 0.25) is 0 Å². The third kappa shape index (κ3) is 3.04. The average Bonchev–Trinajstić information content (AvgIpc) is 3.12. The minimum Gasteiger partial charge on any atom is -0.370 e. The summed E-state index contributed by atoms with van der Waals surface area (Å²) in [7, 11) is 1.75. The summed E-state index contributed by atoms with van der Waals surface area (Å²) in [4.78, 5) is 4.62. The first kappa shape index (κ1) is 15.4. The van der Waals surface area contributed by atoms with Crippen LogP contribution in [-0.4, -0.2) is 29.8 Å². The second-order valence-corrected chi connectivity index (χ2v) is 5.89. The van der Waals surface area contributed by atoms with Crippen molar-refractivity contribution in [1.29, 1.82) is 0 Å². The molecule has 20 heavy (non-hydrogen) atoms. The number of methoxy groups -OCH3 is 1. The monoisotopic (exact) mass is 281 g/mol. The molecule has 1 aromatic heterocycles. The molecule has 1 N–H and O–H groups in total. The van der Waals surface area contributed by atoms with E-state index in [1.54, 1.807) is 7.11 Å². The van der Waals surface area contributed by atoms with Crippen molar-refractivity contribution in [3.05, 3.63) is 11.7 Å². The molecule has 0 spiro atoms. The number of hydrogen-bond donors (Lipinski definition) is 1. The highest BCUT2D eigenvalue weighted by atomic mass is 16.5. The van der Waals surface area contributed by atoms with Gasteiger partial charge in [0.05, 0.1) is 5.92 Å². The molecule has 0 amide bonds. The third-order valence-corrected chi connectivity index (χ3v) is 4.51. The Kier molecular flexibility index (Phi) is 5.16. The lowest BCUT2D eigenvalue weighted by atomic mass is 10.0. The molecular formula is C15H27N3O2. The van der Waals surface area contributed by atoms with Crippen molar-refractivity contribution in [1.82, 2.24) is 15.5 Å². The maximum Gasteiger partial charge on any atom is 0.231 e. The fourth-order valence-corrected chi connectivity index (χ4v) is 2.83. The molecule has 1 saturated carbocycles. The topological polar surface area (TPSA) is 60.2 Å². The molecule has 1 aliphatic rings. The molecule has 5 heteroatoms. The molecule has 5 nitrogen and oxygen atoms in total. The van der Waals surface area contributed by atoms with Gasteiger partial charge in [-0.2, -0.15) is 4.98 Å². The maximum absolute atomic E-state index is 5.70. The summed E-state index contributed by atoms with van der Waals surface area (Å²) in [6.07, 6.45) is 5.43. The van der Waals surface area contributed by atoms with Crippen LogP contribution in [0.25, 0.3) is 0 Å². The van der Waals surface area contributed by atoms with E-state index in [2.05, 4.69) is 36.2 Å². The molecule has 1 aliphatic carbocycles. The van der Waals surface area contributed by atoms with Crippen molar-refractivity contribution >= 4 is 0 Å². The van der Waals surface area contributed by atoms with Gasteiger partial charge >= 0.3 is 0 Å². The summed E-state index contributed by atoms with van der Waals surface area (Å²) < 4.78 is 11.2. The predicted molar refractivity (Wildman–Crippen MR) is 77.6 cm³/mol. The molecule has 0 bridgehead atoms. The average molecular weight is 281 g/mol. The second kappa shape index (κ2) is 6.68. The number of ether oxygens (including phenoxy) is 1. The summed E-state index contributed by atoms with van der Waals surface area (Å²) in [6, 6.07) is 0.324. The van der Waals surface area contributed by atoms with E-state index in [0.717, 1.165) is 31.6 Å². The zero-order chi connectivity index (χ0) is 14.6. The summed E-state index contributed by atoms with van der Waals surface area (Å²) in [5, 5.41) is 7.66. The van der Waals surface area contributed by atoms with Gasteiger partial charge in [0.2, 0.25) is 11.7 Å². The number of nitrogens with one attached hydrogen (secondary N) is 1. The van der Waals surface area contributed by atoms with E-state index in [-0.39, 0.29) is 11.5 Å². The Labute approximate surface area is 121 Å². The first-order chi connectivity index (χ1) is 9.63. The van der Waals surface area contributed by atoms with Crippen molar-refractivity contribution in [2.24, 2.45) is 0 Å². The lowest BCUT2D eigenvalue weighted by Crippen LogP contribution is -2.31. The van der Waals surface area contributed by atoms with Gasteiger partial charge in [-0.15, -0.1) is 0 Å². The summed E-state index contributed by atoms with van der Waals surface area (Å²) >= 11 is 0. The molecule has 0 saturated heterocycles. The van der Waals surface area contributed by atoms with Gasteiger partial charge in [-0.3, -0.25) is 0 Å². The van der Waals surface area contributed by atoms with Gasteiger partial charge in [-0.05, 0) is 45.6 Å². The normalized spacial score (nSPS) is 21.0. The largest absolute Gasteiger partial charge is 0.370 e. The fourth-order valence-electron chi connectivity index (χ4n) is 2.83. The molecule has 2 rings (SSSR count). The molecule has 1 aromatic rings. The van der Waals surface area contributed by atoms with E-state index >= 15 is 0 Å². The van der Waals surface area contributed by atoms with Crippen LogP contribution in [0.5, 0.6) is 0 Å². The van der Waals surface area contributed by atoms with E-state index in [0.29, 0.717) is 11.9 Å². The Hall–Kier alpha value is -0.940. The van der Waals surface area contributed by atoms with Crippen molar-refractivity contribution in [3.63, 3.8) is 0 Å². The van der Waals surface area contributed by atoms with Crippen molar-refractivity contribution < 1.29 is 9.26 Å². The lowest BCUT2D eigenvalue weighted by molar-refractivity contribution is -0.0178. The van der Waals surface area contributed by atoms with Crippen LogP contribution in [0.15, 0.2) is 4.52 Å². The molecule has 0 radical (unpaired) electrons. The Morgan fingerprint density at radius 2 is 2.05 bits per heavy atom. The highest BCUT2D eigenvalue weighted by Gasteiger charge is 2.40. The Morgan fingerprint density at radius 3 is 2.65 bits per heavy atom. The Bertz CT molecular complexity index is 413. The molecule has 2 unspecified atom stereocenters. The van der Waals surface area contributed by atoms with E-state index in [1.165, 1.54) is 12.8 Å². The van der Waals surface area contributed by atoms with E-state index in [9.17, 15) is 0 Å². The minimum atomic E-state index is -0.318. The van der Waals surface area contributed by atoms with Gasteiger partial charge in [0, 0.05) is 13.2 Å². The summed E-state index contributed by atoms with van der Waals surface area (Å²) in [5.41, 5.74) is -0.318. The molecule has 0 aliphatic heterocycles. The zero-order valence-corrected chi connectivity index (χ0v) is 13.1. The van der Waals surface area contributed by atoms with Gasteiger partial charge in [-0.25, -0.2) is 0 Å². The van der Waals surface area contributed by atoms with Gasteiger partial charge < -0.3 is 14.6 Å². The molecule has 1 heterocycles. The highest BCUT2D eigenvalue weighted by molar-refractivity contribution is 5.06. The summed E-state index contributed by atoms with van der Waals surface area (Å²) in [6.45, 7) is 7.46. The van der Waals surface area contributed by atoms with Gasteiger partial charge in [0.15, 0.2) is 0 Å². The van der Waals surface area contributed by atoms with Crippen LogP contribution in [-0.2, 0) is 10.3 Å². The van der Waals surface area contributed by atoms with Gasteiger partial charge in [0.25, 0.3) is 0 Å². The quantitative estimate of drug-likeness (QED) is 0.832. The number of rotatable bonds is 7. The van der Waals surface area contributed by atoms with E-state index in [1.807, 2.05) is 0 Å². The smallest absolute Gasteiger partial charge is 0.231 e. The number of hydrogen-bond acceptors (Lipinski definition) is 5. The molecule has 0 aromatic carbocycles. The second-order valence-electron chi connectivity index (χ2n) is 5.89. The molecule has 2 atom stereocenters. The maximum atomic E-state index is 5.70. The SMILES string of the molecule is CCCNC(C)C(C)c1nc(C2(OC)CCCC2)no1. The van der Waals surface area contributed by atoms with Crippen LogP contribution >= 0.6 is 0 Å². The molecular weight excluding hydrogens is 254 g/mol. The Balaban J connectivity index is 2.08. The number of aromatic nitrogens is 2. The zero-order valence-electron chi connectivity index (χ0n) is 13.1. The first-order valence-electron chi connectivity index (χ1n) is 7.75. The third-order valence-electron chi connectivity index (χ3n) is 4.51. The van der Waals surface area contributed by atoms with Crippen molar-refractivity contribution in [2.45, 2.75) is 70.4 Å². The summed E-state index contributed by atoms with van der Waals surface area (Å²) in [5.74, 6) is 1.64. The standard InChI is InChI=1S/C15H27N3O2/c1-5-10-16-12(3)11(2)13-17-14(18-20-13)15(19-4)8-6-7-9-15/h11-12,16H,5-10H2,1-4H3. The predicted octanol–water partition coefficient (Wildman–Crippen LogP) is 2.98. The van der Waals surface area contributed by atoms with Crippen molar-refractivity contribution in [3.8, 4) is 0 Å². The Morgan fingerprint density at radius 1 is 1.35 bits per heavy atom. The minimum absolute atomic E-state index is 0.207. The number of nitrogens with zero attached hydrogens (tertiary/aromatic N) is 2. The van der Waals surface area contributed by atoms with E-state index < -0.39 is 0 Å². The van der Waals surface area contributed by atoms with Crippen LogP contribution in [0.1, 0.15) is 70.5 Å². The van der Waals surface area contributed by atoms with Crippen LogP contribution in [0.3, 0.4) is 0 Å². The van der Waals surface area contributed by atoms with E-state index in [4.69, 9.17) is 9.26 Å². The van der Waals surface area contributed by atoms with Gasteiger partial charge in [0.1, 0.15) is 5.60 Å². The first-order valence-corrected chi connectivity index (χ1v) is 7.75. The van der Waals surface area contributed by atoms with Crippen molar-refractivity contribution in [2.75, 3.05) is 13.7 Å². The lowest BCUT2D eigenvalue weighted by Gasteiger charge is -2.23. The molecule has 114 valence electrons. The fraction of sp³-hybridized carbons (Fsp3) is 0.867. The van der Waals surface area contributed by atoms with Gasteiger partial charge in [-0.1, -0.05) is 19.0 Å².